The minimum Gasteiger partial charge on any atom is -0.385 e. The molecule has 2 aromatic carbocycles. The Morgan fingerprint density at radius 3 is 2.48 bits per heavy atom. The topological polar surface area (TPSA) is 149 Å². The minimum absolute atomic E-state index is 0.0373. The van der Waals surface area contributed by atoms with E-state index in [0.717, 1.165) is 12.8 Å². The number of nitrogens with zero attached hydrogens (tertiary/aromatic N) is 4. The first-order valence-corrected chi connectivity index (χ1v) is 15.1. The van der Waals surface area contributed by atoms with Crippen molar-refractivity contribution in [1.82, 2.24) is 15.3 Å². The van der Waals surface area contributed by atoms with Crippen LogP contribution in [0.25, 0.3) is 11.4 Å². The predicted octanol–water partition coefficient (Wildman–Crippen LogP) is 4.98. The number of anilines is 1. The highest BCUT2D eigenvalue weighted by molar-refractivity contribution is 7.92. The van der Waals surface area contributed by atoms with E-state index in [1.807, 2.05) is 6.07 Å². The first kappa shape index (κ1) is 29.4. The van der Waals surface area contributed by atoms with E-state index in [1.165, 1.54) is 29.6 Å². The summed E-state index contributed by atoms with van der Waals surface area (Å²) in [5.41, 5.74) is 7.88. The van der Waals surface area contributed by atoms with Crippen LogP contribution in [0.5, 0.6) is 0 Å². The van der Waals surface area contributed by atoms with E-state index in [0.29, 0.717) is 40.6 Å². The van der Waals surface area contributed by atoms with E-state index < -0.39 is 16.1 Å². The molecule has 0 saturated heterocycles. The second-order valence-electron chi connectivity index (χ2n) is 9.79. The molecule has 0 aliphatic carbocycles. The van der Waals surface area contributed by atoms with Gasteiger partial charge in [-0.1, -0.05) is 61.1 Å². The van der Waals surface area contributed by atoms with Crippen LogP contribution in [0.3, 0.4) is 0 Å². The van der Waals surface area contributed by atoms with Crippen molar-refractivity contribution in [2.75, 3.05) is 17.4 Å². The Hall–Kier alpha value is -3.54. The van der Waals surface area contributed by atoms with Crippen molar-refractivity contribution in [2.24, 2.45) is 5.73 Å². The van der Waals surface area contributed by atoms with Gasteiger partial charge in [-0.2, -0.15) is 4.98 Å². The van der Waals surface area contributed by atoms with Gasteiger partial charge in [0.1, 0.15) is 6.10 Å². The molecule has 0 aliphatic rings. The highest BCUT2D eigenvalue weighted by Gasteiger charge is 2.29. The third kappa shape index (κ3) is 7.15. The largest absolute Gasteiger partial charge is 0.385 e. The van der Waals surface area contributed by atoms with Gasteiger partial charge in [-0.15, -0.1) is 0 Å². The van der Waals surface area contributed by atoms with Crippen LogP contribution >= 0.6 is 0 Å². The van der Waals surface area contributed by atoms with Crippen molar-refractivity contribution in [3.05, 3.63) is 77.5 Å². The lowest BCUT2D eigenvalue weighted by atomic mass is 10.0. The maximum Gasteiger partial charge on any atom is 0.264 e. The van der Waals surface area contributed by atoms with Crippen LogP contribution in [-0.2, 0) is 22.9 Å². The van der Waals surface area contributed by atoms with Crippen molar-refractivity contribution in [2.45, 2.75) is 69.8 Å². The Morgan fingerprint density at radius 1 is 1.00 bits per heavy atom. The van der Waals surface area contributed by atoms with Gasteiger partial charge in [-0.25, -0.2) is 8.42 Å². The number of rotatable bonds is 15. The molecule has 1 unspecified atom stereocenters. The number of hydrogen-bond donors (Lipinski definition) is 2. The zero-order valence-corrected chi connectivity index (χ0v) is 23.8. The van der Waals surface area contributed by atoms with Gasteiger partial charge in [0.2, 0.25) is 11.7 Å². The number of benzene rings is 2. The zero-order valence-electron chi connectivity index (χ0n) is 23.0. The van der Waals surface area contributed by atoms with E-state index >= 15 is 0 Å². The molecule has 0 fully saturated rings. The van der Waals surface area contributed by atoms with E-state index in [1.54, 1.807) is 49.4 Å². The Morgan fingerprint density at radius 2 is 1.77 bits per heavy atom. The molecule has 4 rings (SSSR count). The molecule has 4 aromatic rings. The second kappa shape index (κ2) is 13.7. The average molecular weight is 568 g/mol. The molecule has 0 amide bonds. The van der Waals surface area contributed by atoms with Crippen LogP contribution in [0, 0.1) is 6.92 Å². The van der Waals surface area contributed by atoms with Crippen molar-refractivity contribution in [3.8, 4) is 11.4 Å². The SMILES string of the molecule is CCCCCCCc1nc(-c2ccc(S(=O)(=O)N(CCN)c3ccccc3)c(CC(O)c3cc(C)no3)c2)no1. The van der Waals surface area contributed by atoms with Crippen molar-refractivity contribution in [1.29, 1.82) is 0 Å². The average Bonchev–Trinajstić information content (AvgIpc) is 3.61. The maximum atomic E-state index is 14.0. The van der Waals surface area contributed by atoms with Gasteiger partial charge in [-0.05, 0) is 49.2 Å². The summed E-state index contributed by atoms with van der Waals surface area (Å²) in [4.78, 5) is 4.58. The monoisotopic (exact) mass is 567 g/mol. The molecular formula is C29H37N5O5S. The van der Waals surface area contributed by atoms with Gasteiger partial charge in [0, 0.05) is 37.6 Å². The number of aromatic nitrogens is 3. The first-order valence-electron chi connectivity index (χ1n) is 13.7. The van der Waals surface area contributed by atoms with Crippen molar-refractivity contribution < 1.29 is 22.6 Å². The minimum atomic E-state index is -4.05. The molecule has 11 heteroatoms. The fourth-order valence-corrected chi connectivity index (χ4v) is 6.25. The molecule has 3 N–H and O–H groups in total. The van der Waals surface area contributed by atoms with Crippen molar-refractivity contribution >= 4 is 15.7 Å². The van der Waals surface area contributed by atoms with Gasteiger partial charge in [0.05, 0.1) is 16.3 Å². The van der Waals surface area contributed by atoms with Crippen LogP contribution in [0.2, 0.25) is 0 Å². The molecule has 214 valence electrons. The number of nitrogens with two attached hydrogens (primary N) is 1. The number of sulfonamides is 1. The van der Waals surface area contributed by atoms with Gasteiger partial charge in [0.25, 0.3) is 10.0 Å². The van der Waals surface area contributed by atoms with Crippen LogP contribution < -0.4 is 10.0 Å². The van der Waals surface area contributed by atoms with Gasteiger partial charge in [-0.3, -0.25) is 4.31 Å². The fraction of sp³-hybridized carbons (Fsp3) is 0.414. The molecule has 0 spiro atoms. The van der Waals surface area contributed by atoms with Gasteiger partial charge < -0.3 is 19.9 Å². The molecule has 10 nitrogen and oxygen atoms in total. The summed E-state index contributed by atoms with van der Waals surface area (Å²) in [6.07, 6.45) is 5.15. The van der Waals surface area contributed by atoms with E-state index in [9.17, 15) is 13.5 Å². The third-order valence-electron chi connectivity index (χ3n) is 6.61. The summed E-state index contributed by atoms with van der Waals surface area (Å²) in [7, 11) is -4.05. The molecule has 0 aliphatic heterocycles. The summed E-state index contributed by atoms with van der Waals surface area (Å²) < 4.78 is 40.0. The highest BCUT2D eigenvalue weighted by Crippen LogP contribution is 2.31. The number of aliphatic hydroxyl groups is 1. The molecule has 2 aromatic heterocycles. The van der Waals surface area contributed by atoms with E-state index in [2.05, 4.69) is 22.2 Å². The lowest BCUT2D eigenvalue weighted by molar-refractivity contribution is 0.139. The maximum absolute atomic E-state index is 14.0. The Bertz CT molecular complexity index is 1470. The van der Waals surface area contributed by atoms with Crippen LogP contribution in [0.1, 0.15) is 68.0 Å². The van der Waals surface area contributed by atoms with E-state index in [4.69, 9.17) is 14.8 Å². The summed E-state index contributed by atoms with van der Waals surface area (Å²) in [5.74, 6) is 1.15. The molecule has 0 bridgehead atoms. The summed E-state index contributed by atoms with van der Waals surface area (Å²) in [5, 5.41) is 18.9. The zero-order chi connectivity index (χ0) is 28.5. The summed E-state index contributed by atoms with van der Waals surface area (Å²) >= 11 is 0. The van der Waals surface area contributed by atoms with Crippen molar-refractivity contribution in [3.63, 3.8) is 0 Å². The second-order valence-corrected chi connectivity index (χ2v) is 11.6. The number of aliphatic hydroxyl groups excluding tert-OH is 1. The third-order valence-corrected chi connectivity index (χ3v) is 8.54. The standard InChI is InChI=1S/C29H37N5O5S/c1-3-4-5-6-10-13-28-31-29(33-39-28)22-14-15-27(23(19-22)20-25(35)26-18-21(2)32-38-26)40(36,37)34(17-16-30)24-11-8-7-9-12-24/h7-9,11-12,14-15,18-19,25,35H,3-6,10,13,16-17,20,30H2,1-2H3. The van der Waals surface area contributed by atoms with Gasteiger partial charge >= 0.3 is 0 Å². The number of para-hydroxylation sites is 1. The Labute approximate surface area is 235 Å². The number of unbranched alkanes of at least 4 members (excludes halogenated alkanes) is 4. The molecule has 2 heterocycles. The fourth-order valence-electron chi connectivity index (χ4n) is 4.55. The lowest BCUT2D eigenvalue weighted by Crippen LogP contribution is -2.36. The Balaban J connectivity index is 1.68. The lowest BCUT2D eigenvalue weighted by Gasteiger charge is -2.25. The molecule has 40 heavy (non-hydrogen) atoms. The van der Waals surface area contributed by atoms with E-state index in [-0.39, 0.29) is 30.2 Å². The summed E-state index contributed by atoms with van der Waals surface area (Å²) in [6.45, 7) is 4.14. The summed E-state index contributed by atoms with van der Waals surface area (Å²) in [6, 6.07) is 15.3. The molecule has 0 radical (unpaired) electrons. The smallest absolute Gasteiger partial charge is 0.264 e. The number of aryl methyl sites for hydroxylation is 2. The van der Waals surface area contributed by atoms with Gasteiger partial charge in [0.15, 0.2) is 5.76 Å². The number of hydrogen-bond acceptors (Lipinski definition) is 9. The molecular weight excluding hydrogens is 530 g/mol. The predicted molar refractivity (Wildman–Crippen MR) is 152 cm³/mol. The normalized spacial score (nSPS) is 12.5. The highest BCUT2D eigenvalue weighted by atomic mass is 32.2. The quantitative estimate of drug-likeness (QED) is 0.190. The Kier molecular flexibility index (Phi) is 10.1. The first-order chi connectivity index (χ1) is 19.3. The van der Waals surface area contributed by atoms with Crippen LogP contribution in [0.4, 0.5) is 5.69 Å². The van der Waals surface area contributed by atoms with Crippen LogP contribution in [0.15, 0.2) is 68.5 Å². The molecule has 1 atom stereocenters. The van der Waals surface area contributed by atoms with Crippen LogP contribution in [-0.4, -0.2) is 41.9 Å². The molecule has 0 saturated carbocycles.